The van der Waals surface area contributed by atoms with E-state index in [4.69, 9.17) is 0 Å². The summed E-state index contributed by atoms with van der Waals surface area (Å²) in [5.41, 5.74) is -1.13. The van der Waals surface area contributed by atoms with Crippen LogP contribution in [0.4, 0.5) is 10.6 Å². The third-order valence-electron chi connectivity index (χ3n) is 5.20. The zero-order chi connectivity index (χ0) is 19.0. The van der Waals surface area contributed by atoms with E-state index < -0.39 is 23.4 Å². The van der Waals surface area contributed by atoms with E-state index in [0.29, 0.717) is 5.82 Å². The molecule has 1 aliphatic heterocycles. The van der Waals surface area contributed by atoms with Gasteiger partial charge in [0.25, 0.3) is 5.91 Å². The molecular formula is C18H21N5O3S. The number of rotatable bonds is 5. The first-order valence-electron chi connectivity index (χ1n) is 9.00. The van der Waals surface area contributed by atoms with Crippen molar-refractivity contribution in [3.63, 3.8) is 0 Å². The molecule has 3 heterocycles. The number of amides is 4. The molecule has 9 heteroatoms. The smallest absolute Gasteiger partial charge is 0.319 e. The van der Waals surface area contributed by atoms with E-state index in [1.54, 1.807) is 25.3 Å². The first-order valence-corrected chi connectivity index (χ1v) is 9.88. The van der Waals surface area contributed by atoms with Crippen LogP contribution in [-0.2, 0) is 15.1 Å². The summed E-state index contributed by atoms with van der Waals surface area (Å²) in [5.74, 6) is -0.247. The van der Waals surface area contributed by atoms with Gasteiger partial charge in [0.15, 0.2) is 5.54 Å². The zero-order valence-corrected chi connectivity index (χ0v) is 15.8. The summed E-state index contributed by atoms with van der Waals surface area (Å²) in [6.45, 7) is 1.33. The van der Waals surface area contributed by atoms with E-state index in [9.17, 15) is 14.4 Å². The number of anilines is 1. The van der Waals surface area contributed by atoms with Gasteiger partial charge in [-0.2, -0.15) is 5.10 Å². The second-order valence-corrected chi connectivity index (χ2v) is 8.02. The van der Waals surface area contributed by atoms with E-state index in [1.807, 2.05) is 16.1 Å². The summed E-state index contributed by atoms with van der Waals surface area (Å²) in [5, 5.41) is 11.7. The SMILES string of the molecule is CC1(c2cccs2)NC(=O)N(CC(=O)Nc2ccnn2C2CCCC2)C1=O. The lowest BCUT2D eigenvalue weighted by atomic mass is 10.0. The van der Waals surface area contributed by atoms with Crippen LogP contribution < -0.4 is 10.6 Å². The Kier molecular flexibility index (Phi) is 4.47. The van der Waals surface area contributed by atoms with Gasteiger partial charge in [-0.1, -0.05) is 18.9 Å². The van der Waals surface area contributed by atoms with Crippen molar-refractivity contribution in [1.82, 2.24) is 20.0 Å². The monoisotopic (exact) mass is 387 g/mol. The average Bonchev–Trinajstić information content (AvgIpc) is 3.41. The van der Waals surface area contributed by atoms with Crippen LogP contribution in [-0.4, -0.2) is 39.1 Å². The molecule has 1 unspecified atom stereocenters. The Balaban J connectivity index is 1.45. The Morgan fingerprint density at radius 2 is 2.15 bits per heavy atom. The van der Waals surface area contributed by atoms with E-state index >= 15 is 0 Å². The standard InChI is InChI=1S/C18H21N5O3S/c1-18(13-7-4-10-27-13)16(25)22(17(26)21-18)11-15(24)20-14-8-9-19-23(14)12-5-2-3-6-12/h4,7-10,12H,2-3,5-6,11H2,1H3,(H,20,24)(H,21,26). The molecule has 0 radical (unpaired) electrons. The highest BCUT2D eigenvalue weighted by molar-refractivity contribution is 7.10. The first kappa shape index (κ1) is 17.7. The lowest BCUT2D eigenvalue weighted by molar-refractivity contribution is -0.133. The zero-order valence-electron chi connectivity index (χ0n) is 15.0. The normalized spacial score (nSPS) is 23.1. The highest BCUT2D eigenvalue weighted by Crippen LogP contribution is 2.32. The third kappa shape index (κ3) is 3.12. The molecule has 0 bridgehead atoms. The maximum atomic E-state index is 12.8. The highest BCUT2D eigenvalue weighted by Gasteiger charge is 2.50. The van der Waals surface area contributed by atoms with Crippen molar-refractivity contribution in [2.24, 2.45) is 0 Å². The van der Waals surface area contributed by atoms with Crippen LogP contribution >= 0.6 is 11.3 Å². The van der Waals surface area contributed by atoms with Crippen molar-refractivity contribution < 1.29 is 14.4 Å². The number of thiophene rings is 1. The predicted molar refractivity (Wildman–Crippen MR) is 100 cm³/mol. The van der Waals surface area contributed by atoms with Crippen LogP contribution in [0, 0.1) is 0 Å². The molecular weight excluding hydrogens is 366 g/mol. The number of carbonyl (C=O) groups is 3. The van der Waals surface area contributed by atoms with Gasteiger partial charge < -0.3 is 10.6 Å². The fraction of sp³-hybridized carbons (Fsp3) is 0.444. The van der Waals surface area contributed by atoms with Crippen LogP contribution in [0.25, 0.3) is 0 Å². The van der Waals surface area contributed by atoms with Gasteiger partial charge in [0.05, 0.1) is 12.2 Å². The Bertz CT molecular complexity index is 871. The molecule has 4 rings (SSSR count). The molecule has 0 aromatic carbocycles. The number of nitrogens with zero attached hydrogens (tertiary/aromatic N) is 3. The van der Waals surface area contributed by atoms with Gasteiger partial charge in [0.1, 0.15) is 12.4 Å². The molecule has 142 valence electrons. The molecule has 2 N–H and O–H groups in total. The summed E-state index contributed by atoms with van der Waals surface area (Å²) in [7, 11) is 0. The quantitative estimate of drug-likeness (QED) is 0.770. The maximum Gasteiger partial charge on any atom is 0.325 e. The Hall–Kier alpha value is -2.68. The molecule has 27 heavy (non-hydrogen) atoms. The van der Waals surface area contributed by atoms with Crippen LogP contribution in [0.2, 0.25) is 0 Å². The van der Waals surface area contributed by atoms with Crippen molar-refractivity contribution >= 4 is 35.0 Å². The second kappa shape index (κ2) is 6.80. The molecule has 2 aliphatic rings. The lowest BCUT2D eigenvalue weighted by Gasteiger charge is -2.20. The van der Waals surface area contributed by atoms with Crippen molar-refractivity contribution in [3.8, 4) is 0 Å². The summed E-state index contributed by atoms with van der Waals surface area (Å²) in [6.07, 6.45) is 6.03. The minimum Gasteiger partial charge on any atom is -0.319 e. The molecule has 0 spiro atoms. The van der Waals surface area contributed by atoms with E-state index in [0.717, 1.165) is 35.5 Å². The number of nitrogens with one attached hydrogen (secondary N) is 2. The van der Waals surface area contributed by atoms with Gasteiger partial charge in [-0.05, 0) is 31.2 Å². The molecule has 4 amide bonds. The van der Waals surface area contributed by atoms with Crippen LogP contribution in [0.1, 0.15) is 43.5 Å². The summed E-state index contributed by atoms with van der Waals surface area (Å²) in [4.78, 5) is 39.3. The summed E-state index contributed by atoms with van der Waals surface area (Å²) in [6, 6.07) is 5.08. The van der Waals surface area contributed by atoms with E-state index in [-0.39, 0.29) is 12.6 Å². The van der Waals surface area contributed by atoms with E-state index in [2.05, 4.69) is 15.7 Å². The summed E-state index contributed by atoms with van der Waals surface area (Å²) < 4.78 is 1.83. The van der Waals surface area contributed by atoms with Crippen molar-refractivity contribution in [1.29, 1.82) is 0 Å². The molecule has 1 aliphatic carbocycles. The number of imide groups is 1. The third-order valence-corrected chi connectivity index (χ3v) is 6.29. The average molecular weight is 387 g/mol. The highest BCUT2D eigenvalue weighted by atomic mass is 32.1. The summed E-state index contributed by atoms with van der Waals surface area (Å²) >= 11 is 1.39. The topological polar surface area (TPSA) is 96.3 Å². The largest absolute Gasteiger partial charge is 0.325 e. The number of hydrogen-bond donors (Lipinski definition) is 2. The first-order chi connectivity index (χ1) is 13.0. The van der Waals surface area contributed by atoms with Crippen LogP contribution in [0.5, 0.6) is 0 Å². The maximum absolute atomic E-state index is 12.8. The van der Waals surface area contributed by atoms with E-state index in [1.165, 1.54) is 11.3 Å². The minimum atomic E-state index is -1.13. The van der Waals surface area contributed by atoms with Gasteiger partial charge >= 0.3 is 6.03 Å². The lowest BCUT2D eigenvalue weighted by Crippen LogP contribution is -2.41. The van der Waals surface area contributed by atoms with Crippen LogP contribution in [0.15, 0.2) is 29.8 Å². The molecule has 2 aromatic rings. The Morgan fingerprint density at radius 3 is 2.85 bits per heavy atom. The number of carbonyl (C=O) groups excluding carboxylic acids is 3. The van der Waals surface area contributed by atoms with Crippen molar-refractivity contribution in [2.45, 2.75) is 44.2 Å². The number of aromatic nitrogens is 2. The van der Waals surface area contributed by atoms with Gasteiger partial charge in [0.2, 0.25) is 5.91 Å². The van der Waals surface area contributed by atoms with Crippen molar-refractivity contribution in [2.75, 3.05) is 11.9 Å². The fourth-order valence-corrected chi connectivity index (χ4v) is 4.58. The molecule has 2 aromatic heterocycles. The van der Waals surface area contributed by atoms with Gasteiger partial charge in [-0.3, -0.25) is 14.5 Å². The van der Waals surface area contributed by atoms with Crippen molar-refractivity contribution in [3.05, 3.63) is 34.7 Å². The minimum absolute atomic E-state index is 0.286. The fourth-order valence-electron chi connectivity index (χ4n) is 3.75. The molecule has 8 nitrogen and oxygen atoms in total. The Morgan fingerprint density at radius 1 is 1.37 bits per heavy atom. The van der Waals surface area contributed by atoms with Gasteiger partial charge in [-0.15, -0.1) is 11.3 Å². The molecule has 1 saturated carbocycles. The second-order valence-electron chi connectivity index (χ2n) is 7.07. The Labute approximate surface area is 160 Å². The molecule has 2 fully saturated rings. The van der Waals surface area contributed by atoms with Gasteiger partial charge in [0, 0.05) is 10.9 Å². The number of hydrogen-bond acceptors (Lipinski definition) is 5. The number of urea groups is 1. The van der Waals surface area contributed by atoms with Crippen LogP contribution in [0.3, 0.4) is 0 Å². The molecule has 1 atom stereocenters. The molecule has 1 saturated heterocycles. The predicted octanol–water partition coefficient (Wildman–Crippen LogP) is 2.47. The van der Waals surface area contributed by atoms with Gasteiger partial charge in [-0.25, -0.2) is 9.48 Å².